The van der Waals surface area contributed by atoms with Gasteiger partial charge in [-0.3, -0.25) is 4.79 Å². The Morgan fingerprint density at radius 1 is 1.03 bits per heavy atom. The molecule has 156 valence electrons. The number of carbonyl (C=O) groups is 3. The molecule has 0 aliphatic heterocycles. The number of alkyl carbamates (subject to hydrolysis) is 1. The number of nitrogens with zero attached hydrogens (tertiary/aromatic N) is 1. The molecule has 9 heteroatoms. The summed E-state index contributed by atoms with van der Waals surface area (Å²) in [6.07, 6.45) is -0.635. The molecule has 1 N–H and O–H groups in total. The summed E-state index contributed by atoms with van der Waals surface area (Å²) in [7, 11) is 0. The lowest BCUT2D eigenvalue weighted by Gasteiger charge is -2.07. The average molecular weight is 404 g/mol. The molecule has 1 aromatic carbocycles. The Hall–Kier alpha value is -3.36. The van der Waals surface area contributed by atoms with Gasteiger partial charge >= 0.3 is 18.0 Å². The monoisotopic (exact) mass is 404 g/mol. The van der Waals surface area contributed by atoms with Crippen molar-refractivity contribution in [2.45, 2.75) is 33.3 Å². The molecule has 0 bridgehead atoms. The second-order valence-corrected chi connectivity index (χ2v) is 5.87. The van der Waals surface area contributed by atoms with Crippen molar-refractivity contribution < 1.29 is 33.1 Å². The van der Waals surface area contributed by atoms with Crippen LogP contribution in [0, 0.1) is 0 Å². The van der Waals surface area contributed by atoms with E-state index < -0.39 is 18.0 Å². The zero-order chi connectivity index (χ0) is 21.1. The van der Waals surface area contributed by atoms with Gasteiger partial charge in [-0.1, -0.05) is 35.5 Å². The second kappa shape index (κ2) is 11.5. The maximum absolute atomic E-state index is 12.3. The minimum atomic E-state index is -0.644. The molecule has 0 radical (unpaired) electrons. The minimum absolute atomic E-state index is 0.0727. The Morgan fingerprint density at radius 3 is 2.45 bits per heavy atom. The normalized spacial score (nSPS) is 10.3. The summed E-state index contributed by atoms with van der Waals surface area (Å²) in [6.45, 7) is 4.02. The molecule has 0 atom stereocenters. The van der Waals surface area contributed by atoms with E-state index in [1.807, 2.05) is 30.3 Å². The standard InChI is InChI=1S/C20H24N2O7/c1-3-26-17(23)12-16-18(19(24)27-4-2)15(22-29-16)10-11-21-20(25)28-13-14-8-6-5-7-9-14/h5-9H,3-4,10-13H2,1-2H3,(H,21,25). The lowest BCUT2D eigenvalue weighted by Crippen LogP contribution is -2.27. The third-order valence-corrected chi connectivity index (χ3v) is 3.77. The molecule has 2 aromatic rings. The smallest absolute Gasteiger partial charge is 0.407 e. The highest BCUT2D eigenvalue weighted by molar-refractivity contribution is 5.93. The van der Waals surface area contributed by atoms with Crippen LogP contribution in [-0.2, 0) is 38.5 Å². The summed E-state index contributed by atoms with van der Waals surface area (Å²) < 4.78 is 20.2. The molecule has 2 rings (SSSR count). The van der Waals surface area contributed by atoms with E-state index in [1.165, 1.54) is 0 Å². The van der Waals surface area contributed by atoms with Crippen LogP contribution in [0.2, 0.25) is 0 Å². The lowest BCUT2D eigenvalue weighted by atomic mass is 10.1. The number of rotatable bonds is 10. The van der Waals surface area contributed by atoms with Gasteiger partial charge in [0.2, 0.25) is 0 Å². The zero-order valence-electron chi connectivity index (χ0n) is 16.4. The zero-order valence-corrected chi connectivity index (χ0v) is 16.4. The Labute approximate surface area is 168 Å². The number of benzene rings is 1. The van der Waals surface area contributed by atoms with Crippen LogP contribution in [0.25, 0.3) is 0 Å². The number of amides is 1. The van der Waals surface area contributed by atoms with Crippen LogP contribution in [0.1, 0.15) is 41.2 Å². The predicted octanol–water partition coefficient (Wildman–Crippen LogP) is 2.43. The average Bonchev–Trinajstić information content (AvgIpc) is 3.10. The third kappa shape index (κ3) is 6.95. The molecule has 0 aliphatic carbocycles. The molecule has 1 heterocycles. The molecule has 1 amide bonds. The Morgan fingerprint density at radius 2 is 1.76 bits per heavy atom. The third-order valence-electron chi connectivity index (χ3n) is 3.77. The fourth-order valence-corrected chi connectivity index (χ4v) is 2.49. The predicted molar refractivity (Wildman–Crippen MR) is 101 cm³/mol. The number of carbonyl (C=O) groups excluding carboxylic acids is 3. The van der Waals surface area contributed by atoms with Crippen LogP contribution in [0.5, 0.6) is 0 Å². The van der Waals surface area contributed by atoms with Crippen LogP contribution in [-0.4, -0.2) is 42.9 Å². The summed E-state index contributed by atoms with van der Waals surface area (Å²) in [4.78, 5) is 35.8. The van der Waals surface area contributed by atoms with E-state index in [-0.39, 0.29) is 56.2 Å². The fraction of sp³-hybridized carbons (Fsp3) is 0.400. The molecule has 0 unspecified atom stereocenters. The van der Waals surface area contributed by atoms with Crippen molar-refractivity contribution in [3.63, 3.8) is 0 Å². The maximum atomic E-state index is 12.3. The summed E-state index contributed by atoms with van der Waals surface area (Å²) in [5.41, 5.74) is 1.23. The van der Waals surface area contributed by atoms with Crippen molar-refractivity contribution in [3.8, 4) is 0 Å². The van der Waals surface area contributed by atoms with Crippen molar-refractivity contribution in [2.75, 3.05) is 19.8 Å². The molecular formula is C20H24N2O7. The number of hydrogen-bond acceptors (Lipinski definition) is 8. The molecular weight excluding hydrogens is 380 g/mol. The Balaban J connectivity index is 1.93. The summed E-state index contributed by atoms with van der Waals surface area (Å²) in [5, 5.41) is 6.43. The number of ether oxygens (including phenoxy) is 3. The molecule has 0 fully saturated rings. The molecule has 0 saturated heterocycles. The minimum Gasteiger partial charge on any atom is -0.466 e. The molecule has 29 heavy (non-hydrogen) atoms. The summed E-state index contributed by atoms with van der Waals surface area (Å²) in [6, 6.07) is 9.27. The first-order chi connectivity index (χ1) is 14.0. The van der Waals surface area contributed by atoms with Gasteiger partial charge < -0.3 is 24.1 Å². The summed E-state index contributed by atoms with van der Waals surface area (Å²) in [5.74, 6) is -1.11. The van der Waals surface area contributed by atoms with E-state index in [4.69, 9.17) is 18.7 Å². The van der Waals surface area contributed by atoms with Gasteiger partial charge in [0.05, 0.1) is 13.2 Å². The number of hydrogen-bond donors (Lipinski definition) is 1. The molecule has 1 aromatic heterocycles. The largest absolute Gasteiger partial charge is 0.466 e. The second-order valence-electron chi connectivity index (χ2n) is 5.87. The van der Waals surface area contributed by atoms with Gasteiger partial charge in [0.15, 0.2) is 5.76 Å². The van der Waals surface area contributed by atoms with Gasteiger partial charge in [0.25, 0.3) is 0 Å². The quantitative estimate of drug-likeness (QED) is 0.474. The molecule has 0 spiro atoms. The number of aromatic nitrogens is 1. The van der Waals surface area contributed by atoms with E-state index in [2.05, 4.69) is 10.5 Å². The number of nitrogens with one attached hydrogen (secondary N) is 1. The van der Waals surface area contributed by atoms with Crippen LogP contribution >= 0.6 is 0 Å². The first-order valence-corrected chi connectivity index (χ1v) is 9.29. The lowest BCUT2D eigenvalue weighted by molar-refractivity contribution is -0.142. The van der Waals surface area contributed by atoms with Gasteiger partial charge in [-0.05, 0) is 19.4 Å². The van der Waals surface area contributed by atoms with Crippen molar-refractivity contribution in [1.82, 2.24) is 10.5 Å². The van der Waals surface area contributed by atoms with Gasteiger partial charge in [0.1, 0.15) is 24.3 Å². The van der Waals surface area contributed by atoms with E-state index in [1.54, 1.807) is 13.8 Å². The van der Waals surface area contributed by atoms with E-state index in [0.29, 0.717) is 0 Å². The van der Waals surface area contributed by atoms with Crippen molar-refractivity contribution in [3.05, 3.63) is 52.9 Å². The van der Waals surface area contributed by atoms with E-state index in [0.717, 1.165) is 5.56 Å². The van der Waals surface area contributed by atoms with Gasteiger partial charge in [-0.25, -0.2) is 9.59 Å². The van der Waals surface area contributed by atoms with Crippen LogP contribution < -0.4 is 5.32 Å². The highest BCUT2D eigenvalue weighted by Crippen LogP contribution is 2.18. The van der Waals surface area contributed by atoms with E-state index >= 15 is 0 Å². The van der Waals surface area contributed by atoms with Crippen molar-refractivity contribution in [1.29, 1.82) is 0 Å². The molecule has 9 nitrogen and oxygen atoms in total. The molecule has 0 aliphatic rings. The highest BCUT2D eigenvalue weighted by atomic mass is 16.6. The Kier molecular flexibility index (Phi) is 8.68. The fourth-order valence-electron chi connectivity index (χ4n) is 2.49. The highest BCUT2D eigenvalue weighted by Gasteiger charge is 2.26. The van der Waals surface area contributed by atoms with Gasteiger partial charge in [-0.15, -0.1) is 0 Å². The van der Waals surface area contributed by atoms with E-state index in [9.17, 15) is 14.4 Å². The van der Waals surface area contributed by atoms with Crippen LogP contribution in [0.15, 0.2) is 34.9 Å². The SMILES string of the molecule is CCOC(=O)Cc1onc(CCNC(=O)OCc2ccccc2)c1C(=O)OCC. The van der Waals surface area contributed by atoms with Gasteiger partial charge in [0, 0.05) is 13.0 Å². The topological polar surface area (TPSA) is 117 Å². The first-order valence-electron chi connectivity index (χ1n) is 9.29. The summed E-state index contributed by atoms with van der Waals surface area (Å²) >= 11 is 0. The molecule has 0 saturated carbocycles. The first kappa shape index (κ1) is 21.9. The van der Waals surface area contributed by atoms with Crippen LogP contribution in [0.3, 0.4) is 0 Å². The van der Waals surface area contributed by atoms with Gasteiger partial charge in [-0.2, -0.15) is 0 Å². The maximum Gasteiger partial charge on any atom is 0.407 e. The Bertz CT molecular complexity index is 817. The number of esters is 2. The van der Waals surface area contributed by atoms with Crippen molar-refractivity contribution in [2.24, 2.45) is 0 Å². The van der Waals surface area contributed by atoms with Crippen molar-refractivity contribution >= 4 is 18.0 Å². The van der Waals surface area contributed by atoms with Crippen LogP contribution in [0.4, 0.5) is 4.79 Å².